The minimum atomic E-state index is 0.288. The predicted molar refractivity (Wildman–Crippen MR) is 81.1 cm³/mol. The first kappa shape index (κ1) is 13.4. The molecule has 2 aliphatic heterocycles. The second-order valence-corrected chi connectivity index (χ2v) is 6.02. The second-order valence-electron chi connectivity index (χ2n) is 5.26. The standard InChI is InChI=1S/C13H19IN4O/c14-9-13(19)16-5-2-11(3-6-16)17-7-8-18-12(10-17)1-4-15-18/h1,4,11H,2-3,5-10H2. The molecular weight excluding hydrogens is 355 g/mol. The number of hydrogen-bond donors (Lipinski definition) is 0. The zero-order valence-corrected chi connectivity index (χ0v) is 13.1. The van der Waals surface area contributed by atoms with Crippen molar-refractivity contribution < 1.29 is 4.79 Å². The third-order valence-electron chi connectivity index (χ3n) is 4.22. The summed E-state index contributed by atoms with van der Waals surface area (Å²) in [5.74, 6) is 0.288. The van der Waals surface area contributed by atoms with Gasteiger partial charge < -0.3 is 4.90 Å². The van der Waals surface area contributed by atoms with E-state index in [0.29, 0.717) is 10.5 Å². The third kappa shape index (κ3) is 2.79. The van der Waals surface area contributed by atoms with Crippen LogP contribution >= 0.6 is 22.6 Å². The average molecular weight is 374 g/mol. The van der Waals surface area contributed by atoms with Crippen LogP contribution in [0.4, 0.5) is 0 Å². The predicted octanol–water partition coefficient (Wildman–Crippen LogP) is 1.12. The normalized spacial score (nSPS) is 21.4. The van der Waals surface area contributed by atoms with Crippen LogP contribution in [0.3, 0.4) is 0 Å². The van der Waals surface area contributed by atoms with E-state index < -0.39 is 0 Å². The molecule has 1 fully saturated rings. The lowest BCUT2D eigenvalue weighted by Gasteiger charge is -2.40. The molecule has 0 aromatic carbocycles. The lowest BCUT2D eigenvalue weighted by Crippen LogP contribution is -2.49. The van der Waals surface area contributed by atoms with Gasteiger partial charge in [0.15, 0.2) is 0 Å². The fraction of sp³-hybridized carbons (Fsp3) is 0.692. The van der Waals surface area contributed by atoms with Gasteiger partial charge in [-0.1, -0.05) is 22.6 Å². The van der Waals surface area contributed by atoms with Crippen molar-refractivity contribution in [3.05, 3.63) is 18.0 Å². The van der Waals surface area contributed by atoms with Crippen molar-refractivity contribution in [2.75, 3.05) is 24.1 Å². The minimum absolute atomic E-state index is 0.288. The van der Waals surface area contributed by atoms with Gasteiger partial charge in [-0.25, -0.2) is 0 Å². The zero-order valence-electron chi connectivity index (χ0n) is 11.0. The smallest absolute Gasteiger partial charge is 0.232 e. The second kappa shape index (κ2) is 5.78. The quantitative estimate of drug-likeness (QED) is 0.576. The van der Waals surface area contributed by atoms with Crippen molar-refractivity contribution in [3.8, 4) is 0 Å². The van der Waals surface area contributed by atoms with E-state index in [0.717, 1.165) is 45.6 Å². The molecule has 6 heteroatoms. The van der Waals surface area contributed by atoms with Gasteiger partial charge in [-0.2, -0.15) is 5.10 Å². The molecule has 1 aromatic rings. The number of piperidine rings is 1. The number of likely N-dealkylation sites (tertiary alicyclic amines) is 1. The summed E-state index contributed by atoms with van der Waals surface area (Å²) in [6, 6.07) is 2.74. The molecule has 0 N–H and O–H groups in total. The molecule has 1 saturated heterocycles. The summed E-state index contributed by atoms with van der Waals surface area (Å²) >= 11 is 2.15. The van der Waals surface area contributed by atoms with Crippen molar-refractivity contribution in [2.45, 2.75) is 32.0 Å². The van der Waals surface area contributed by atoms with E-state index in [1.54, 1.807) is 0 Å². The maximum absolute atomic E-state index is 11.7. The van der Waals surface area contributed by atoms with Crippen molar-refractivity contribution in [3.63, 3.8) is 0 Å². The maximum atomic E-state index is 11.7. The van der Waals surface area contributed by atoms with Gasteiger partial charge in [0.25, 0.3) is 0 Å². The Morgan fingerprint density at radius 2 is 2.11 bits per heavy atom. The van der Waals surface area contributed by atoms with Gasteiger partial charge in [0.2, 0.25) is 5.91 Å². The van der Waals surface area contributed by atoms with Crippen LogP contribution in [0.15, 0.2) is 12.3 Å². The molecule has 0 bridgehead atoms. The van der Waals surface area contributed by atoms with Crippen LogP contribution in [0.1, 0.15) is 18.5 Å². The molecular formula is C13H19IN4O. The highest BCUT2D eigenvalue weighted by Crippen LogP contribution is 2.21. The number of aromatic nitrogens is 2. The number of fused-ring (bicyclic) bond motifs is 1. The number of nitrogens with zero attached hydrogens (tertiary/aromatic N) is 4. The Morgan fingerprint density at radius 3 is 2.84 bits per heavy atom. The van der Waals surface area contributed by atoms with E-state index in [4.69, 9.17) is 0 Å². The molecule has 3 rings (SSSR count). The number of alkyl halides is 1. The van der Waals surface area contributed by atoms with Gasteiger partial charge in [0.1, 0.15) is 0 Å². The van der Waals surface area contributed by atoms with Crippen LogP contribution in [0.25, 0.3) is 0 Å². The fourth-order valence-electron chi connectivity index (χ4n) is 3.08. The maximum Gasteiger partial charge on any atom is 0.232 e. The van der Waals surface area contributed by atoms with Crippen molar-refractivity contribution in [2.24, 2.45) is 0 Å². The van der Waals surface area contributed by atoms with E-state index in [9.17, 15) is 4.79 Å². The Morgan fingerprint density at radius 1 is 1.32 bits per heavy atom. The van der Waals surface area contributed by atoms with E-state index >= 15 is 0 Å². The van der Waals surface area contributed by atoms with Crippen molar-refractivity contribution in [1.29, 1.82) is 0 Å². The number of amides is 1. The molecule has 1 aromatic heterocycles. The Kier molecular flexibility index (Phi) is 4.07. The number of carbonyl (C=O) groups excluding carboxylic acids is 1. The lowest BCUT2D eigenvalue weighted by molar-refractivity contribution is -0.129. The molecule has 1 amide bonds. The number of hydrogen-bond acceptors (Lipinski definition) is 3. The molecule has 104 valence electrons. The van der Waals surface area contributed by atoms with Gasteiger partial charge in [-0.3, -0.25) is 14.4 Å². The number of halogens is 1. The van der Waals surface area contributed by atoms with E-state index in [-0.39, 0.29) is 5.91 Å². The molecule has 19 heavy (non-hydrogen) atoms. The summed E-state index contributed by atoms with van der Waals surface area (Å²) < 4.78 is 2.70. The Labute approximate surface area is 127 Å². The van der Waals surface area contributed by atoms with Gasteiger partial charge in [-0.15, -0.1) is 0 Å². The first-order valence-corrected chi connectivity index (χ1v) is 8.39. The minimum Gasteiger partial charge on any atom is -0.342 e. The topological polar surface area (TPSA) is 41.4 Å². The monoisotopic (exact) mass is 374 g/mol. The van der Waals surface area contributed by atoms with E-state index in [2.05, 4.69) is 43.3 Å². The molecule has 3 heterocycles. The summed E-state index contributed by atoms with van der Waals surface area (Å²) in [4.78, 5) is 16.2. The van der Waals surface area contributed by atoms with Crippen LogP contribution in [-0.4, -0.2) is 55.6 Å². The first-order chi connectivity index (χ1) is 9.28. The van der Waals surface area contributed by atoms with Gasteiger partial charge in [0.05, 0.1) is 16.7 Å². The number of rotatable bonds is 2. The molecule has 0 atom stereocenters. The van der Waals surface area contributed by atoms with Gasteiger partial charge in [0, 0.05) is 38.4 Å². The largest absolute Gasteiger partial charge is 0.342 e. The van der Waals surface area contributed by atoms with Gasteiger partial charge in [-0.05, 0) is 18.9 Å². The SMILES string of the molecule is O=C(CI)N1CCC(N2CCn3nccc3C2)CC1. The first-order valence-electron chi connectivity index (χ1n) is 6.86. The zero-order chi connectivity index (χ0) is 13.2. The number of carbonyl (C=O) groups is 1. The van der Waals surface area contributed by atoms with Crippen LogP contribution in [0, 0.1) is 0 Å². The summed E-state index contributed by atoms with van der Waals surface area (Å²) in [7, 11) is 0. The molecule has 2 aliphatic rings. The molecule has 0 unspecified atom stereocenters. The molecule has 5 nitrogen and oxygen atoms in total. The Hall–Kier alpha value is -0.630. The Bertz CT molecular complexity index is 453. The van der Waals surface area contributed by atoms with Crippen LogP contribution in [0.5, 0.6) is 0 Å². The summed E-state index contributed by atoms with van der Waals surface area (Å²) in [6.07, 6.45) is 4.10. The highest BCUT2D eigenvalue weighted by Gasteiger charge is 2.28. The van der Waals surface area contributed by atoms with Crippen LogP contribution in [0.2, 0.25) is 0 Å². The van der Waals surface area contributed by atoms with Crippen LogP contribution in [-0.2, 0) is 17.9 Å². The summed E-state index contributed by atoms with van der Waals surface area (Å²) in [5, 5.41) is 4.32. The highest BCUT2D eigenvalue weighted by atomic mass is 127. The molecule has 0 radical (unpaired) electrons. The molecule has 0 aliphatic carbocycles. The average Bonchev–Trinajstić information content (AvgIpc) is 2.94. The van der Waals surface area contributed by atoms with Crippen molar-refractivity contribution in [1.82, 2.24) is 19.6 Å². The highest BCUT2D eigenvalue weighted by molar-refractivity contribution is 14.1. The molecule has 0 spiro atoms. The van der Waals surface area contributed by atoms with Gasteiger partial charge >= 0.3 is 0 Å². The summed E-state index contributed by atoms with van der Waals surface area (Å²) in [5.41, 5.74) is 1.32. The third-order valence-corrected chi connectivity index (χ3v) is 4.87. The molecule has 0 saturated carbocycles. The van der Waals surface area contributed by atoms with E-state index in [1.165, 1.54) is 5.69 Å². The van der Waals surface area contributed by atoms with Crippen molar-refractivity contribution >= 4 is 28.5 Å². The van der Waals surface area contributed by atoms with Crippen LogP contribution < -0.4 is 0 Å². The van der Waals surface area contributed by atoms with E-state index in [1.807, 2.05) is 11.1 Å². The Balaban J connectivity index is 1.57. The lowest BCUT2D eigenvalue weighted by atomic mass is 10.0. The fourth-order valence-corrected chi connectivity index (χ4v) is 3.57. The summed E-state index contributed by atoms with van der Waals surface area (Å²) in [6.45, 7) is 4.92.